The van der Waals surface area contributed by atoms with Crippen molar-refractivity contribution >= 4 is 5.95 Å². The molecule has 0 unspecified atom stereocenters. The van der Waals surface area contributed by atoms with Crippen LogP contribution in [0.5, 0.6) is 0 Å². The van der Waals surface area contributed by atoms with E-state index in [9.17, 15) is 4.39 Å². The van der Waals surface area contributed by atoms with Gasteiger partial charge < -0.3 is 10.8 Å². The van der Waals surface area contributed by atoms with Crippen LogP contribution in [-0.4, -0.2) is 21.3 Å². The van der Waals surface area contributed by atoms with E-state index < -0.39 is 0 Å². The number of imidazole rings is 1. The fourth-order valence-corrected chi connectivity index (χ4v) is 2.70. The van der Waals surface area contributed by atoms with Crippen molar-refractivity contribution in [2.45, 2.75) is 13.3 Å². The molecule has 0 spiro atoms. The first kappa shape index (κ1) is 15.2. The van der Waals surface area contributed by atoms with Crippen LogP contribution in [0.25, 0.3) is 16.9 Å². The van der Waals surface area contributed by atoms with Crippen LogP contribution < -0.4 is 5.73 Å². The van der Waals surface area contributed by atoms with Gasteiger partial charge in [0.2, 0.25) is 5.95 Å². The first-order valence-electron chi connectivity index (χ1n) is 7.41. The van der Waals surface area contributed by atoms with Crippen molar-refractivity contribution in [1.82, 2.24) is 9.55 Å². The number of nitrogens with two attached hydrogens (primary N) is 1. The van der Waals surface area contributed by atoms with Gasteiger partial charge in [-0.05, 0) is 55.3 Å². The second kappa shape index (κ2) is 6.22. The van der Waals surface area contributed by atoms with Gasteiger partial charge in [0.15, 0.2) is 0 Å². The van der Waals surface area contributed by atoms with Gasteiger partial charge in [-0.15, -0.1) is 0 Å². The molecule has 4 nitrogen and oxygen atoms in total. The summed E-state index contributed by atoms with van der Waals surface area (Å²) in [4.78, 5) is 4.35. The summed E-state index contributed by atoms with van der Waals surface area (Å²) in [5, 5.41) is 9.00. The molecule has 1 aromatic heterocycles. The number of aliphatic hydroxyl groups is 1. The highest BCUT2D eigenvalue weighted by Crippen LogP contribution is 2.29. The summed E-state index contributed by atoms with van der Waals surface area (Å²) in [5.74, 6) is 0.107. The number of halogens is 1. The molecule has 0 fully saturated rings. The maximum Gasteiger partial charge on any atom is 0.205 e. The first-order chi connectivity index (χ1) is 11.1. The van der Waals surface area contributed by atoms with Crippen LogP contribution in [0.3, 0.4) is 0 Å². The summed E-state index contributed by atoms with van der Waals surface area (Å²) in [7, 11) is 0. The third-order valence-corrected chi connectivity index (χ3v) is 3.79. The Morgan fingerprint density at radius 2 is 1.74 bits per heavy atom. The van der Waals surface area contributed by atoms with Crippen LogP contribution in [0, 0.1) is 12.7 Å². The minimum atomic E-state index is -0.279. The Morgan fingerprint density at radius 1 is 1.09 bits per heavy atom. The Hall–Kier alpha value is -2.66. The number of benzene rings is 2. The third kappa shape index (κ3) is 2.96. The molecule has 5 heteroatoms. The highest BCUT2D eigenvalue weighted by molar-refractivity contribution is 5.68. The fourth-order valence-electron chi connectivity index (χ4n) is 2.70. The molecule has 0 radical (unpaired) electrons. The summed E-state index contributed by atoms with van der Waals surface area (Å²) in [6, 6.07) is 14.1. The lowest BCUT2D eigenvalue weighted by Crippen LogP contribution is -2.03. The van der Waals surface area contributed by atoms with Gasteiger partial charge in [0.05, 0.1) is 11.4 Å². The number of hydrogen-bond donors (Lipinski definition) is 2. The van der Waals surface area contributed by atoms with Crippen molar-refractivity contribution in [2.24, 2.45) is 0 Å². The quantitative estimate of drug-likeness (QED) is 0.778. The van der Waals surface area contributed by atoms with Crippen LogP contribution in [0.15, 0.2) is 48.5 Å². The topological polar surface area (TPSA) is 64.1 Å². The smallest absolute Gasteiger partial charge is 0.205 e. The fraction of sp³-hybridized carbons (Fsp3) is 0.167. The lowest BCUT2D eigenvalue weighted by molar-refractivity contribution is 0.299. The monoisotopic (exact) mass is 311 g/mol. The van der Waals surface area contributed by atoms with E-state index in [2.05, 4.69) is 4.98 Å². The van der Waals surface area contributed by atoms with Crippen LogP contribution in [0.2, 0.25) is 0 Å². The summed E-state index contributed by atoms with van der Waals surface area (Å²) in [6.45, 7) is 2.00. The maximum absolute atomic E-state index is 13.2. The molecule has 0 aliphatic rings. The largest absolute Gasteiger partial charge is 0.396 e. The van der Waals surface area contributed by atoms with Gasteiger partial charge in [-0.2, -0.15) is 0 Å². The minimum absolute atomic E-state index is 0.118. The zero-order chi connectivity index (χ0) is 16.4. The number of aryl methyl sites for hydroxylation is 1. The van der Waals surface area contributed by atoms with E-state index in [-0.39, 0.29) is 12.4 Å². The van der Waals surface area contributed by atoms with Crippen molar-refractivity contribution in [3.63, 3.8) is 0 Å². The van der Waals surface area contributed by atoms with Crippen molar-refractivity contribution < 1.29 is 9.50 Å². The van der Waals surface area contributed by atoms with Crippen molar-refractivity contribution in [1.29, 1.82) is 0 Å². The predicted molar refractivity (Wildman–Crippen MR) is 88.9 cm³/mol. The maximum atomic E-state index is 13.2. The van der Waals surface area contributed by atoms with Gasteiger partial charge in [0.1, 0.15) is 5.82 Å². The molecule has 0 saturated heterocycles. The number of anilines is 1. The van der Waals surface area contributed by atoms with E-state index in [4.69, 9.17) is 10.8 Å². The first-order valence-corrected chi connectivity index (χ1v) is 7.41. The molecule has 3 N–H and O–H groups in total. The predicted octanol–water partition coefficient (Wildman–Crippen LogP) is 3.10. The molecule has 3 aromatic rings. The van der Waals surface area contributed by atoms with E-state index in [1.165, 1.54) is 12.1 Å². The minimum Gasteiger partial charge on any atom is -0.396 e. The van der Waals surface area contributed by atoms with E-state index >= 15 is 0 Å². The third-order valence-electron chi connectivity index (χ3n) is 3.79. The number of aliphatic hydroxyl groups excluding tert-OH is 1. The van der Waals surface area contributed by atoms with Crippen molar-refractivity contribution in [2.75, 3.05) is 12.3 Å². The standard InChI is InChI=1S/C18H18FN3O/c1-12-17(14-4-6-15(19)7-5-14)22(18(20)21-12)16-8-2-13(3-9-16)10-11-23/h2-9,23H,10-11H2,1H3,(H2,20,21). The number of nitrogens with zero attached hydrogens (tertiary/aromatic N) is 2. The summed E-state index contributed by atoms with van der Waals surface area (Å²) in [5.41, 5.74) is 10.5. The number of aromatic nitrogens is 2. The second-order valence-electron chi connectivity index (χ2n) is 5.39. The lowest BCUT2D eigenvalue weighted by atomic mass is 10.1. The van der Waals surface area contributed by atoms with E-state index in [1.807, 2.05) is 35.8 Å². The molecule has 1 heterocycles. The molecule has 3 rings (SSSR count). The Bertz CT molecular complexity index is 808. The van der Waals surface area contributed by atoms with Crippen molar-refractivity contribution in [3.05, 3.63) is 65.6 Å². The van der Waals surface area contributed by atoms with Gasteiger partial charge in [-0.3, -0.25) is 4.57 Å². The van der Waals surface area contributed by atoms with Crippen LogP contribution in [0.1, 0.15) is 11.3 Å². The zero-order valence-corrected chi connectivity index (χ0v) is 12.8. The molecule has 0 aliphatic heterocycles. The summed E-state index contributed by atoms with van der Waals surface area (Å²) >= 11 is 0. The van der Waals surface area contributed by atoms with E-state index in [0.717, 1.165) is 28.2 Å². The Morgan fingerprint density at radius 3 is 2.35 bits per heavy atom. The van der Waals surface area contributed by atoms with Gasteiger partial charge >= 0.3 is 0 Å². The Kier molecular flexibility index (Phi) is 4.12. The molecule has 23 heavy (non-hydrogen) atoms. The van der Waals surface area contributed by atoms with Gasteiger partial charge in [0, 0.05) is 17.9 Å². The van der Waals surface area contributed by atoms with Crippen LogP contribution in [-0.2, 0) is 6.42 Å². The SMILES string of the molecule is Cc1nc(N)n(-c2ccc(CCO)cc2)c1-c1ccc(F)cc1. The van der Waals surface area contributed by atoms with Gasteiger partial charge in [0.25, 0.3) is 0 Å². The van der Waals surface area contributed by atoms with Gasteiger partial charge in [-0.1, -0.05) is 12.1 Å². The van der Waals surface area contributed by atoms with Gasteiger partial charge in [-0.25, -0.2) is 9.37 Å². The summed E-state index contributed by atoms with van der Waals surface area (Å²) < 4.78 is 15.0. The Labute approximate surface area is 134 Å². The lowest BCUT2D eigenvalue weighted by Gasteiger charge is -2.12. The van der Waals surface area contributed by atoms with Crippen molar-refractivity contribution in [3.8, 4) is 16.9 Å². The Balaban J connectivity index is 2.10. The number of nitrogen functional groups attached to an aromatic ring is 1. The van der Waals surface area contributed by atoms with Crippen LogP contribution in [0.4, 0.5) is 10.3 Å². The average molecular weight is 311 g/mol. The molecule has 118 valence electrons. The normalized spacial score (nSPS) is 10.9. The molecule has 0 bridgehead atoms. The number of hydrogen-bond acceptors (Lipinski definition) is 3. The second-order valence-corrected chi connectivity index (χ2v) is 5.39. The molecule has 0 saturated carbocycles. The highest BCUT2D eigenvalue weighted by Gasteiger charge is 2.15. The summed E-state index contributed by atoms with van der Waals surface area (Å²) in [6.07, 6.45) is 0.615. The molecule has 0 aliphatic carbocycles. The van der Waals surface area contributed by atoms with E-state index in [1.54, 1.807) is 12.1 Å². The number of rotatable bonds is 4. The highest BCUT2D eigenvalue weighted by atomic mass is 19.1. The molecule has 2 aromatic carbocycles. The average Bonchev–Trinajstić information content (AvgIpc) is 2.84. The molecule has 0 amide bonds. The molecular weight excluding hydrogens is 293 g/mol. The molecule has 0 atom stereocenters. The van der Waals surface area contributed by atoms with E-state index in [0.29, 0.717) is 12.4 Å². The molecular formula is C18H18FN3O. The van der Waals surface area contributed by atoms with Crippen LogP contribution >= 0.6 is 0 Å². The zero-order valence-electron chi connectivity index (χ0n) is 12.8.